The van der Waals surface area contributed by atoms with Crippen LogP contribution in [0.3, 0.4) is 0 Å². The topological polar surface area (TPSA) is 77.8 Å². The Kier molecular flexibility index (Phi) is 4.76. The standard InChI is InChI=1S/C23H18N4O3S/c1-24-22(28)18-11-17(9-10-25-18)30-16-7-8-20-21(12-16)31-23-26-19(13-27(20)23)14-3-5-15(29-2)6-4-14/h3-13H,1-2H3,(H,24,28). The van der Waals surface area contributed by atoms with Gasteiger partial charge >= 0.3 is 0 Å². The van der Waals surface area contributed by atoms with E-state index in [0.29, 0.717) is 17.2 Å². The largest absolute Gasteiger partial charge is 0.497 e. The Morgan fingerprint density at radius 3 is 2.58 bits per heavy atom. The van der Waals surface area contributed by atoms with E-state index in [2.05, 4.69) is 14.7 Å². The lowest BCUT2D eigenvalue weighted by molar-refractivity contribution is 0.0958. The maximum absolute atomic E-state index is 11.8. The van der Waals surface area contributed by atoms with Crippen molar-refractivity contribution in [2.45, 2.75) is 0 Å². The predicted molar refractivity (Wildman–Crippen MR) is 120 cm³/mol. The number of aromatic nitrogens is 3. The number of amides is 1. The van der Waals surface area contributed by atoms with Gasteiger partial charge in [0.1, 0.15) is 22.9 Å². The number of carbonyl (C=O) groups excluding carboxylic acids is 1. The summed E-state index contributed by atoms with van der Waals surface area (Å²) in [6.45, 7) is 0. The molecule has 5 aromatic rings. The van der Waals surface area contributed by atoms with Gasteiger partial charge in [-0.25, -0.2) is 4.98 Å². The molecular formula is C23H18N4O3S. The normalized spacial score (nSPS) is 11.0. The fraction of sp³-hybridized carbons (Fsp3) is 0.0870. The molecule has 0 aliphatic carbocycles. The zero-order valence-electron chi connectivity index (χ0n) is 16.8. The van der Waals surface area contributed by atoms with Gasteiger partial charge in [0, 0.05) is 37.1 Å². The third kappa shape index (κ3) is 3.57. The first kappa shape index (κ1) is 19.1. The van der Waals surface area contributed by atoms with Crippen LogP contribution in [0.1, 0.15) is 10.5 Å². The van der Waals surface area contributed by atoms with Gasteiger partial charge in [-0.2, -0.15) is 0 Å². The van der Waals surface area contributed by atoms with Crippen molar-refractivity contribution in [2.75, 3.05) is 14.2 Å². The molecule has 3 heterocycles. The van der Waals surface area contributed by atoms with Crippen molar-refractivity contribution in [1.82, 2.24) is 19.7 Å². The van der Waals surface area contributed by atoms with Gasteiger partial charge < -0.3 is 14.8 Å². The van der Waals surface area contributed by atoms with E-state index < -0.39 is 0 Å². The number of rotatable bonds is 5. The van der Waals surface area contributed by atoms with Crippen LogP contribution in [0.25, 0.3) is 26.4 Å². The van der Waals surface area contributed by atoms with Crippen molar-refractivity contribution in [2.24, 2.45) is 0 Å². The highest BCUT2D eigenvalue weighted by Gasteiger charge is 2.12. The number of benzene rings is 2. The van der Waals surface area contributed by atoms with E-state index >= 15 is 0 Å². The summed E-state index contributed by atoms with van der Waals surface area (Å²) in [5.41, 5.74) is 3.31. The Morgan fingerprint density at radius 2 is 1.81 bits per heavy atom. The van der Waals surface area contributed by atoms with Crippen molar-refractivity contribution in [3.63, 3.8) is 0 Å². The van der Waals surface area contributed by atoms with Crippen LogP contribution >= 0.6 is 11.3 Å². The molecule has 154 valence electrons. The summed E-state index contributed by atoms with van der Waals surface area (Å²) >= 11 is 1.59. The number of carbonyl (C=O) groups is 1. The Balaban J connectivity index is 1.44. The van der Waals surface area contributed by atoms with Crippen LogP contribution < -0.4 is 14.8 Å². The fourth-order valence-electron chi connectivity index (χ4n) is 3.31. The van der Waals surface area contributed by atoms with Crippen LogP contribution in [0.15, 0.2) is 67.0 Å². The molecule has 2 aromatic carbocycles. The van der Waals surface area contributed by atoms with Gasteiger partial charge in [0.15, 0.2) is 4.96 Å². The monoisotopic (exact) mass is 430 g/mol. The highest BCUT2D eigenvalue weighted by atomic mass is 32.1. The molecule has 0 unspecified atom stereocenters. The molecule has 0 radical (unpaired) electrons. The summed E-state index contributed by atoms with van der Waals surface area (Å²) < 4.78 is 14.3. The molecule has 1 N–H and O–H groups in total. The van der Waals surface area contributed by atoms with Crippen LogP contribution in [-0.4, -0.2) is 34.4 Å². The minimum Gasteiger partial charge on any atom is -0.497 e. The molecule has 1 amide bonds. The van der Waals surface area contributed by atoms with Gasteiger partial charge in [-0.05, 0) is 42.5 Å². The maximum Gasteiger partial charge on any atom is 0.269 e. The highest BCUT2D eigenvalue weighted by Crippen LogP contribution is 2.33. The molecule has 0 spiro atoms. The van der Waals surface area contributed by atoms with E-state index in [1.807, 2.05) is 48.7 Å². The summed E-state index contributed by atoms with van der Waals surface area (Å²) in [6, 6.07) is 17.1. The Bertz CT molecular complexity index is 1410. The summed E-state index contributed by atoms with van der Waals surface area (Å²) in [6.07, 6.45) is 3.59. The fourth-order valence-corrected chi connectivity index (χ4v) is 4.34. The third-order valence-corrected chi connectivity index (χ3v) is 5.90. The predicted octanol–water partition coefficient (Wildman–Crippen LogP) is 4.77. The van der Waals surface area contributed by atoms with E-state index in [1.165, 1.54) is 0 Å². The number of fused-ring (bicyclic) bond motifs is 3. The summed E-state index contributed by atoms with van der Waals surface area (Å²) in [7, 11) is 3.22. The van der Waals surface area contributed by atoms with E-state index in [1.54, 1.807) is 43.8 Å². The second kappa shape index (κ2) is 7.73. The average Bonchev–Trinajstić information content (AvgIpc) is 3.36. The second-order valence-electron chi connectivity index (χ2n) is 6.80. The second-order valence-corrected chi connectivity index (χ2v) is 7.81. The average molecular weight is 430 g/mol. The van der Waals surface area contributed by atoms with Crippen molar-refractivity contribution in [3.05, 3.63) is 72.7 Å². The Morgan fingerprint density at radius 1 is 1.03 bits per heavy atom. The van der Waals surface area contributed by atoms with Gasteiger partial charge in [0.05, 0.1) is 23.0 Å². The molecule has 31 heavy (non-hydrogen) atoms. The Labute approximate surface area is 181 Å². The van der Waals surface area contributed by atoms with Crippen LogP contribution in [0.4, 0.5) is 0 Å². The molecule has 3 aromatic heterocycles. The lowest BCUT2D eigenvalue weighted by atomic mass is 10.2. The Hall–Kier alpha value is -3.91. The first-order valence-corrected chi connectivity index (χ1v) is 10.4. The van der Waals surface area contributed by atoms with E-state index in [0.717, 1.165) is 32.2 Å². The van der Waals surface area contributed by atoms with Gasteiger partial charge in [0.2, 0.25) is 0 Å². The lowest BCUT2D eigenvalue weighted by Gasteiger charge is -2.07. The van der Waals surface area contributed by atoms with Crippen LogP contribution in [-0.2, 0) is 0 Å². The minimum absolute atomic E-state index is 0.256. The molecule has 5 rings (SSSR count). The van der Waals surface area contributed by atoms with E-state index in [9.17, 15) is 4.79 Å². The quantitative estimate of drug-likeness (QED) is 0.435. The lowest BCUT2D eigenvalue weighted by Crippen LogP contribution is -2.18. The summed E-state index contributed by atoms with van der Waals surface area (Å²) in [4.78, 5) is 21.5. The molecule has 7 nitrogen and oxygen atoms in total. The molecule has 0 atom stereocenters. The number of ether oxygens (including phenoxy) is 2. The molecule has 0 aliphatic rings. The third-order valence-electron chi connectivity index (χ3n) is 4.88. The molecule has 0 bridgehead atoms. The van der Waals surface area contributed by atoms with E-state index in [-0.39, 0.29) is 5.91 Å². The molecule has 0 saturated carbocycles. The smallest absolute Gasteiger partial charge is 0.269 e. The summed E-state index contributed by atoms with van der Waals surface area (Å²) in [5.74, 6) is 1.80. The highest BCUT2D eigenvalue weighted by molar-refractivity contribution is 7.23. The molecular weight excluding hydrogens is 412 g/mol. The molecule has 0 aliphatic heterocycles. The zero-order valence-corrected chi connectivity index (χ0v) is 17.6. The molecule has 8 heteroatoms. The number of nitrogens with one attached hydrogen (secondary N) is 1. The van der Waals surface area contributed by atoms with E-state index in [4.69, 9.17) is 14.5 Å². The van der Waals surface area contributed by atoms with Gasteiger partial charge in [-0.3, -0.25) is 14.2 Å². The first-order valence-electron chi connectivity index (χ1n) is 9.56. The van der Waals surface area contributed by atoms with Crippen LogP contribution in [0.5, 0.6) is 17.2 Å². The number of hydrogen-bond donors (Lipinski definition) is 1. The number of hydrogen-bond acceptors (Lipinski definition) is 6. The number of pyridine rings is 1. The molecule has 0 saturated heterocycles. The van der Waals surface area contributed by atoms with Gasteiger partial charge in [0.25, 0.3) is 5.91 Å². The number of nitrogens with zero attached hydrogens (tertiary/aromatic N) is 3. The SMILES string of the molecule is CNC(=O)c1cc(Oc2ccc3c(c2)sc2nc(-c4ccc(OC)cc4)cn23)ccn1. The van der Waals surface area contributed by atoms with Crippen LogP contribution in [0, 0.1) is 0 Å². The van der Waals surface area contributed by atoms with Crippen molar-refractivity contribution in [1.29, 1.82) is 0 Å². The van der Waals surface area contributed by atoms with Gasteiger partial charge in [-0.1, -0.05) is 11.3 Å². The van der Waals surface area contributed by atoms with Crippen molar-refractivity contribution in [3.8, 4) is 28.5 Å². The molecule has 0 fully saturated rings. The number of thiazole rings is 1. The van der Waals surface area contributed by atoms with Gasteiger partial charge in [-0.15, -0.1) is 0 Å². The van der Waals surface area contributed by atoms with Crippen molar-refractivity contribution < 1.29 is 14.3 Å². The number of imidazole rings is 1. The zero-order chi connectivity index (χ0) is 21.4. The first-order chi connectivity index (χ1) is 15.1. The van der Waals surface area contributed by atoms with Crippen LogP contribution in [0.2, 0.25) is 0 Å². The summed E-state index contributed by atoms with van der Waals surface area (Å²) in [5, 5.41) is 2.56. The van der Waals surface area contributed by atoms with Crippen molar-refractivity contribution >= 4 is 32.4 Å². The minimum atomic E-state index is -0.256. The number of methoxy groups -OCH3 is 1. The maximum atomic E-state index is 11.8.